The summed E-state index contributed by atoms with van der Waals surface area (Å²) in [5.74, 6) is 0.00578. The maximum absolute atomic E-state index is 13.1. The van der Waals surface area contributed by atoms with Crippen LogP contribution >= 0.6 is 0 Å². The highest BCUT2D eigenvalue weighted by Crippen LogP contribution is 2.25. The number of hydrogen-bond donors (Lipinski definition) is 0. The number of fused-ring (bicyclic) bond motifs is 1. The summed E-state index contributed by atoms with van der Waals surface area (Å²) in [6.07, 6.45) is 7.16. The molecule has 176 valence electrons. The van der Waals surface area contributed by atoms with Crippen LogP contribution in [0.3, 0.4) is 0 Å². The summed E-state index contributed by atoms with van der Waals surface area (Å²) in [6.45, 7) is 4.40. The predicted molar refractivity (Wildman–Crippen MR) is 129 cm³/mol. The van der Waals surface area contributed by atoms with Gasteiger partial charge >= 0.3 is 0 Å². The number of carbonyl (C=O) groups is 1. The first-order valence-electron chi connectivity index (χ1n) is 11.7. The molecule has 0 saturated carbocycles. The van der Waals surface area contributed by atoms with Gasteiger partial charge in [0.05, 0.1) is 18.1 Å². The first kappa shape index (κ1) is 23.7. The summed E-state index contributed by atoms with van der Waals surface area (Å²) in [4.78, 5) is 15.3. The summed E-state index contributed by atoms with van der Waals surface area (Å²) in [5.41, 5.74) is 3.53. The van der Waals surface area contributed by atoms with Gasteiger partial charge in [0, 0.05) is 31.8 Å². The van der Waals surface area contributed by atoms with Gasteiger partial charge in [-0.3, -0.25) is 4.79 Å². The van der Waals surface area contributed by atoms with Crippen LogP contribution in [0.4, 0.5) is 0 Å². The van der Waals surface area contributed by atoms with Crippen LogP contribution in [0.1, 0.15) is 36.5 Å². The van der Waals surface area contributed by atoms with Gasteiger partial charge in [-0.25, -0.2) is 8.42 Å². The predicted octanol–water partition coefficient (Wildman–Crippen LogP) is 3.52. The molecule has 2 aromatic rings. The summed E-state index contributed by atoms with van der Waals surface area (Å²) in [6, 6.07) is 15.4. The lowest BCUT2D eigenvalue weighted by atomic mass is 9.87. The highest BCUT2D eigenvalue weighted by atomic mass is 32.2. The van der Waals surface area contributed by atoms with Crippen molar-refractivity contribution in [2.24, 2.45) is 0 Å². The standard InChI is InChI=1S/C26H32N2O4S/c1-2-15-28(24-11-10-22-5-3-4-6-23(22)20-24)26(29)14-9-21-7-12-25(13-8-21)33(30,31)27-16-18-32-19-17-27/h3-9,12-14,24H,2,10-11,15-20H2,1H3. The third kappa shape index (κ3) is 5.54. The Morgan fingerprint density at radius 1 is 1.09 bits per heavy atom. The van der Waals surface area contributed by atoms with Crippen LogP contribution in [0.5, 0.6) is 0 Å². The average Bonchev–Trinajstić information content (AvgIpc) is 2.86. The van der Waals surface area contributed by atoms with Gasteiger partial charge in [0.2, 0.25) is 15.9 Å². The van der Waals surface area contributed by atoms with Crippen molar-refractivity contribution in [2.45, 2.75) is 43.5 Å². The molecule has 0 spiro atoms. The van der Waals surface area contributed by atoms with Gasteiger partial charge in [-0.05, 0) is 60.6 Å². The molecule has 6 nitrogen and oxygen atoms in total. The molecule has 0 N–H and O–H groups in total. The van der Waals surface area contributed by atoms with Crippen molar-refractivity contribution in [3.63, 3.8) is 0 Å². The first-order valence-corrected chi connectivity index (χ1v) is 13.2. The zero-order valence-corrected chi connectivity index (χ0v) is 20.0. The van der Waals surface area contributed by atoms with E-state index >= 15 is 0 Å². The number of aryl methyl sites for hydroxylation is 1. The van der Waals surface area contributed by atoms with Crippen LogP contribution in [-0.2, 0) is 32.4 Å². The van der Waals surface area contributed by atoms with Gasteiger partial charge in [0.25, 0.3) is 0 Å². The Hall–Kier alpha value is -2.48. The fourth-order valence-corrected chi connectivity index (χ4v) is 6.02. The molecule has 4 rings (SSSR count). The van der Waals surface area contributed by atoms with Crippen molar-refractivity contribution >= 4 is 22.0 Å². The molecule has 1 aliphatic heterocycles. The van der Waals surface area contributed by atoms with E-state index in [9.17, 15) is 13.2 Å². The molecular formula is C26H32N2O4S. The van der Waals surface area contributed by atoms with E-state index in [1.165, 1.54) is 15.4 Å². The summed E-state index contributed by atoms with van der Waals surface area (Å²) >= 11 is 0. The fraction of sp³-hybridized carbons (Fsp3) is 0.423. The molecule has 2 aliphatic rings. The number of sulfonamides is 1. The molecule has 0 radical (unpaired) electrons. The number of ether oxygens (including phenoxy) is 1. The Morgan fingerprint density at radius 3 is 2.48 bits per heavy atom. The van der Waals surface area contributed by atoms with Crippen LogP contribution in [0.15, 0.2) is 59.5 Å². The molecule has 33 heavy (non-hydrogen) atoms. The van der Waals surface area contributed by atoms with E-state index in [0.717, 1.165) is 37.8 Å². The van der Waals surface area contributed by atoms with Crippen LogP contribution in [0.2, 0.25) is 0 Å². The SMILES string of the molecule is CCCN(C(=O)C=Cc1ccc(S(=O)(=O)N2CCOCC2)cc1)C1CCc2ccccc2C1. The van der Waals surface area contributed by atoms with Crippen molar-refractivity contribution < 1.29 is 17.9 Å². The normalized spacial score (nSPS) is 19.4. The molecule has 0 bridgehead atoms. The maximum Gasteiger partial charge on any atom is 0.246 e. The second-order valence-corrected chi connectivity index (χ2v) is 10.6. The maximum atomic E-state index is 13.1. The molecule has 7 heteroatoms. The van der Waals surface area contributed by atoms with Gasteiger partial charge in [0.15, 0.2) is 0 Å². The van der Waals surface area contributed by atoms with E-state index in [-0.39, 0.29) is 16.8 Å². The minimum Gasteiger partial charge on any atom is -0.379 e. The third-order valence-corrected chi connectivity index (χ3v) is 8.33. The number of nitrogens with zero attached hydrogens (tertiary/aromatic N) is 2. The van der Waals surface area contributed by atoms with E-state index < -0.39 is 10.0 Å². The lowest BCUT2D eigenvalue weighted by Gasteiger charge is -2.34. The molecule has 1 atom stereocenters. The molecule has 1 amide bonds. The highest BCUT2D eigenvalue weighted by molar-refractivity contribution is 7.89. The molecule has 2 aromatic carbocycles. The zero-order chi connectivity index (χ0) is 23.3. The quantitative estimate of drug-likeness (QED) is 0.583. The van der Waals surface area contributed by atoms with Crippen molar-refractivity contribution in [1.29, 1.82) is 0 Å². The Morgan fingerprint density at radius 2 is 1.79 bits per heavy atom. The zero-order valence-electron chi connectivity index (χ0n) is 19.2. The first-order chi connectivity index (χ1) is 16.0. The second kappa shape index (κ2) is 10.6. The lowest BCUT2D eigenvalue weighted by Crippen LogP contribution is -2.43. The van der Waals surface area contributed by atoms with Crippen LogP contribution < -0.4 is 0 Å². The Bertz CT molecular complexity index is 1090. The smallest absolute Gasteiger partial charge is 0.246 e. The molecular weight excluding hydrogens is 436 g/mol. The summed E-state index contributed by atoms with van der Waals surface area (Å²) in [5, 5.41) is 0. The molecule has 1 heterocycles. The largest absolute Gasteiger partial charge is 0.379 e. The number of carbonyl (C=O) groups excluding carboxylic acids is 1. The second-order valence-electron chi connectivity index (χ2n) is 8.62. The molecule has 0 aromatic heterocycles. The number of benzene rings is 2. The van der Waals surface area contributed by atoms with E-state index in [1.54, 1.807) is 36.4 Å². The fourth-order valence-electron chi connectivity index (χ4n) is 4.61. The highest BCUT2D eigenvalue weighted by Gasteiger charge is 2.27. The average molecular weight is 469 g/mol. The Labute approximate surface area is 196 Å². The lowest BCUT2D eigenvalue weighted by molar-refractivity contribution is -0.128. The number of rotatable bonds is 7. The van der Waals surface area contributed by atoms with Crippen LogP contribution in [-0.4, -0.2) is 62.4 Å². The van der Waals surface area contributed by atoms with E-state index in [0.29, 0.717) is 26.3 Å². The Kier molecular flexibility index (Phi) is 7.63. The minimum absolute atomic E-state index is 0.00578. The number of hydrogen-bond acceptors (Lipinski definition) is 4. The van der Waals surface area contributed by atoms with Crippen LogP contribution in [0.25, 0.3) is 6.08 Å². The molecule has 1 saturated heterocycles. The van der Waals surface area contributed by atoms with E-state index in [2.05, 4.69) is 31.2 Å². The van der Waals surface area contributed by atoms with Crippen molar-refractivity contribution in [3.05, 3.63) is 71.3 Å². The van der Waals surface area contributed by atoms with Gasteiger partial charge in [-0.2, -0.15) is 4.31 Å². The van der Waals surface area contributed by atoms with Crippen LogP contribution in [0, 0.1) is 0 Å². The number of amides is 1. The van der Waals surface area contributed by atoms with Crippen molar-refractivity contribution in [2.75, 3.05) is 32.8 Å². The Balaban J connectivity index is 1.43. The van der Waals surface area contributed by atoms with E-state index in [4.69, 9.17) is 4.74 Å². The molecule has 1 unspecified atom stereocenters. The van der Waals surface area contributed by atoms with Gasteiger partial charge < -0.3 is 9.64 Å². The minimum atomic E-state index is -3.52. The number of morpholine rings is 1. The van der Waals surface area contributed by atoms with E-state index in [1.807, 2.05) is 4.90 Å². The monoisotopic (exact) mass is 468 g/mol. The topological polar surface area (TPSA) is 66.9 Å². The molecule has 1 aliphatic carbocycles. The third-order valence-electron chi connectivity index (χ3n) is 6.42. The van der Waals surface area contributed by atoms with Gasteiger partial charge in [0.1, 0.15) is 0 Å². The summed E-state index contributed by atoms with van der Waals surface area (Å²) in [7, 11) is -3.52. The van der Waals surface area contributed by atoms with Gasteiger partial charge in [-0.15, -0.1) is 0 Å². The van der Waals surface area contributed by atoms with Crippen molar-refractivity contribution in [3.8, 4) is 0 Å². The van der Waals surface area contributed by atoms with Crippen molar-refractivity contribution in [1.82, 2.24) is 9.21 Å². The molecule has 1 fully saturated rings. The summed E-state index contributed by atoms with van der Waals surface area (Å²) < 4.78 is 32.3. The van der Waals surface area contributed by atoms with Gasteiger partial charge in [-0.1, -0.05) is 43.3 Å².